The van der Waals surface area contributed by atoms with Gasteiger partial charge in [-0.25, -0.2) is 4.79 Å². The molecule has 0 aliphatic carbocycles. The topological polar surface area (TPSA) is 47.0 Å². The molecule has 1 atom stereocenters. The summed E-state index contributed by atoms with van der Waals surface area (Å²) in [5.41, 5.74) is 1.37. The quantitative estimate of drug-likeness (QED) is 0.927. The summed E-state index contributed by atoms with van der Waals surface area (Å²) in [6.45, 7) is 6.61. The third kappa shape index (κ3) is 3.78. The monoisotopic (exact) mass is 303 g/mol. The van der Waals surface area contributed by atoms with Gasteiger partial charge in [-0.2, -0.15) is 0 Å². The third-order valence-electron chi connectivity index (χ3n) is 4.84. The van der Waals surface area contributed by atoms with Gasteiger partial charge in [0.2, 0.25) is 0 Å². The number of likely N-dealkylation sites (tertiary alicyclic amines) is 1. The van der Waals surface area contributed by atoms with Crippen molar-refractivity contribution in [3.05, 3.63) is 35.9 Å². The van der Waals surface area contributed by atoms with Crippen molar-refractivity contribution in [1.82, 2.24) is 14.7 Å². The molecule has 1 aromatic rings. The van der Waals surface area contributed by atoms with Crippen molar-refractivity contribution in [2.24, 2.45) is 0 Å². The highest BCUT2D eigenvalue weighted by atomic mass is 16.4. The highest BCUT2D eigenvalue weighted by Crippen LogP contribution is 2.18. The van der Waals surface area contributed by atoms with Crippen molar-refractivity contribution in [2.45, 2.75) is 25.4 Å². The third-order valence-corrected chi connectivity index (χ3v) is 4.84. The van der Waals surface area contributed by atoms with E-state index in [-0.39, 0.29) is 0 Å². The molecule has 5 nitrogen and oxygen atoms in total. The van der Waals surface area contributed by atoms with E-state index < -0.39 is 6.09 Å². The van der Waals surface area contributed by atoms with E-state index in [0.717, 1.165) is 45.6 Å². The molecule has 1 N–H and O–H groups in total. The Kier molecular flexibility index (Phi) is 4.95. The largest absolute Gasteiger partial charge is 0.465 e. The summed E-state index contributed by atoms with van der Waals surface area (Å²) in [6, 6.07) is 11.0. The van der Waals surface area contributed by atoms with Crippen LogP contribution < -0.4 is 0 Å². The predicted octanol–water partition coefficient (Wildman–Crippen LogP) is 1.95. The van der Waals surface area contributed by atoms with E-state index in [1.165, 1.54) is 5.56 Å². The van der Waals surface area contributed by atoms with Crippen molar-refractivity contribution in [2.75, 3.05) is 39.3 Å². The van der Waals surface area contributed by atoms with Crippen LogP contribution in [0.1, 0.15) is 18.4 Å². The fraction of sp³-hybridized carbons (Fsp3) is 0.588. The minimum atomic E-state index is -0.771. The standard InChI is InChI=1S/C17H25N3O2/c21-17(22)20-8-4-7-16(14-20)19-11-9-18(10-12-19)13-15-5-2-1-3-6-15/h1-3,5-6,16H,4,7-14H2,(H,21,22). The van der Waals surface area contributed by atoms with Crippen LogP contribution in [0, 0.1) is 0 Å². The van der Waals surface area contributed by atoms with E-state index in [2.05, 4.69) is 40.1 Å². The molecule has 2 fully saturated rings. The molecule has 0 saturated carbocycles. The molecule has 1 aromatic carbocycles. The minimum absolute atomic E-state index is 0.406. The zero-order valence-electron chi connectivity index (χ0n) is 13.0. The molecular formula is C17H25N3O2. The normalized spacial score (nSPS) is 24.4. The SMILES string of the molecule is O=C(O)N1CCCC(N2CCN(Cc3ccccc3)CC2)C1. The summed E-state index contributed by atoms with van der Waals surface area (Å²) < 4.78 is 0. The van der Waals surface area contributed by atoms with Crippen LogP contribution in [-0.2, 0) is 6.54 Å². The summed E-state index contributed by atoms with van der Waals surface area (Å²) in [5, 5.41) is 9.16. The van der Waals surface area contributed by atoms with Crippen LogP contribution in [0.25, 0.3) is 0 Å². The second-order valence-corrected chi connectivity index (χ2v) is 6.32. The van der Waals surface area contributed by atoms with Gasteiger partial charge in [0.1, 0.15) is 0 Å². The fourth-order valence-corrected chi connectivity index (χ4v) is 3.55. The van der Waals surface area contributed by atoms with Crippen LogP contribution in [0.3, 0.4) is 0 Å². The zero-order valence-corrected chi connectivity index (χ0v) is 13.0. The maximum absolute atomic E-state index is 11.1. The summed E-state index contributed by atoms with van der Waals surface area (Å²) >= 11 is 0. The first kappa shape index (κ1) is 15.3. The number of hydrogen-bond acceptors (Lipinski definition) is 3. The molecule has 0 bridgehead atoms. The van der Waals surface area contributed by atoms with Gasteiger partial charge < -0.3 is 10.0 Å². The Balaban J connectivity index is 1.48. The van der Waals surface area contributed by atoms with Crippen LogP contribution in [-0.4, -0.2) is 71.2 Å². The maximum atomic E-state index is 11.1. The van der Waals surface area contributed by atoms with Crippen molar-refractivity contribution < 1.29 is 9.90 Å². The number of amides is 1. The first-order valence-electron chi connectivity index (χ1n) is 8.20. The van der Waals surface area contributed by atoms with Crippen molar-refractivity contribution >= 4 is 6.09 Å². The number of nitrogens with zero attached hydrogens (tertiary/aromatic N) is 3. The number of benzene rings is 1. The second kappa shape index (κ2) is 7.11. The van der Waals surface area contributed by atoms with Crippen LogP contribution in [0.15, 0.2) is 30.3 Å². The van der Waals surface area contributed by atoms with Crippen molar-refractivity contribution in [1.29, 1.82) is 0 Å². The summed E-state index contributed by atoms with van der Waals surface area (Å²) in [6.07, 6.45) is 1.34. The van der Waals surface area contributed by atoms with E-state index in [4.69, 9.17) is 5.11 Å². The lowest BCUT2D eigenvalue weighted by atomic mass is 10.0. The predicted molar refractivity (Wildman–Crippen MR) is 85.9 cm³/mol. The molecule has 22 heavy (non-hydrogen) atoms. The number of piperidine rings is 1. The van der Waals surface area contributed by atoms with Crippen LogP contribution in [0.5, 0.6) is 0 Å². The van der Waals surface area contributed by atoms with Gasteiger partial charge in [0.15, 0.2) is 0 Å². The van der Waals surface area contributed by atoms with Gasteiger partial charge >= 0.3 is 6.09 Å². The van der Waals surface area contributed by atoms with Gasteiger partial charge in [-0.05, 0) is 18.4 Å². The number of rotatable bonds is 3. The van der Waals surface area contributed by atoms with E-state index >= 15 is 0 Å². The van der Waals surface area contributed by atoms with Gasteiger partial charge in [-0.3, -0.25) is 9.80 Å². The Hall–Kier alpha value is -1.59. The second-order valence-electron chi connectivity index (χ2n) is 6.32. The smallest absolute Gasteiger partial charge is 0.407 e. The maximum Gasteiger partial charge on any atom is 0.407 e. The fourth-order valence-electron chi connectivity index (χ4n) is 3.55. The number of carboxylic acid groups (broad SMARTS) is 1. The molecular weight excluding hydrogens is 278 g/mol. The lowest BCUT2D eigenvalue weighted by Gasteiger charge is -2.42. The summed E-state index contributed by atoms with van der Waals surface area (Å²) in [7, 11) is 0. The average Bonchev–Trinajstić information content (AvgIpc) is 2.56. The van der Waals surface area contributed by atoms with Gasteiger partial charge in [-0.1, -0.05) is 30.3 Å². The molecule has 0 spiro atoms. The Morgan fingerprint density at radius 1 is 1.09 bits per heavy atom. The molecule has 5 heteroatoms. The van der Waals surface area contributed by atoms with E-state index in [1.54, 1.807) is 4.90 Å². The first-order chi connectivity index (χ1) is 10.7. The van der Waals surface area contributed by atoms with E-state index in [0.29, 0.717) is 19.1 Å². The Morgan fingerprint density at radius 2 is 1.82 bits per heavy atom. The van der Waals surface area contributed by atoms with Gasteiger partial charge in [0.25, 0.3) is 0 Å². The highest BCUT2D eigenvalue weighted by molar-refractivity contribution is 5.65. The Labute approximate surface area is 132 Å². The molecule has 2 aliphatic heterocycles. The van der Waals surface area contributed by atoms with Crippen molar-refractivity contribution in [3.63, 3.8) is 0 Å². The average molecular weight is 303 g/mol. The molecule has 1 unspecified atom stereocenters. The van der Waals surface area contributed by atoms with Gasteiger partial charge in [0.05, 0.1) is 0 Å². The molecule has 120 valence electrons. The molecule has 0 aromatic heterocycles. The summed E-state index contributed by atoms with van der Waals surface area (Å²) in [4.78, 5) is 17.7. The van der Waals surface area contributed by atoms with Gasteiger partial charge in [0, 0.05) is 51.9 Å². The minimum Gasteiger partial charge on any atom is -0.465 e. The van der Waals surface area contributed by atoms with Crippen LogP contribution in [0.2, 0.25) is 0 Å². The van der Waals surface area contributed by atoms with Crippen LogP contribution in [0.4, 0.5) is 4.79 Å². The van der Waals surface area contributed by atoms with E-state index in [9.17, 15) is 4.79 Å². The lowest BCUT2D eigenvalue weighted by molar-refractivity contribution is 0.0496. The molecule has 1 amide bonds. The van der Waals surface area contributed by atoms with E-state index in [1.807, 2.05) is 0 Å². The summed E-state index contributed by atoms with van der Waals surface area (Å²) in [5.74, 6) is 0. The number of carbonyl (C=O) groups is 1. The molecule has 2 heterocycles. The Morgan fingerprint density at radius 3 is 2.50 bits per heavy atom. The molecule has 0 radical (unpaired) electrons. The van der Waals surface area contributed by atoms with Crippen LogP contribution >= 0.6 is 0 Å². The first-order valence-corrected chi connectivity index (χ1v) is 8.20. The molecule has 2 saturated heterocycles. The lowest BCUT2D eigenvalue weighted by Crippen LogP contribution is -2.55. The van der Waals surface area contributed by atoms with Crippen molar-refractivity contribution in [3.8, 4) is 0 Å². The molecule has 3 rings (SSSR count). The zero-order chi connectivity index (χ0) is 15.4. The highest BCUT2D eigenvalue weighted by Gasteiger charge is 2.29. The number of piperazine rings is 1. The Bertz CT molecular complexity index is 486. The van der Waals surface area contributed by atoms with Gasteiger partial charge in [-0.15, -0.1) is 0 Å². The number of hydrogen-bond donors (Lipinski definition) is 1. The molecule has 2 aliphatic rings.